The van der Waals surface area contributed by atoms with Crippen molar-refractivity contribution in [3.8, 4) is 5.75 Å². The van der Waals surface area contributed by atoms with Crippen molar-refractivity contribution in [2.75, 3.05) is 13.7 Å². The summed E-state index contributed by atoms with van der Waals surface area (Å²) in [5.74, 6) is 0.848. The second-order valence-corrected chi connectivity index (χ2v) is 3.20. The van der Waals surface area contributed by atoms with E-state index < -0.39 is 0 Å². The molecule has 14 heavy (non-hydrogen) atoms. The zero-order chi connectivity index (χ0) is 10.4. The van der Waals surface area contributed by atoms with Crippen molar-refractivity contribution in [1.82, 2.24) is 5.32 Å². The summed E-state index contributed by atoms with van der Waals surface area (Å²) >= 11 is 3.61. The van der Waals surface area contributed by atoms with Gasteiger partial charge in [0.05, 0.1) is 7.11 Å². The van der Waals surface area contributed by atoms with Gasteiger partial charge in [0.1, 0.15) is 5.75 Å². The molecule has 0 aliphatic heterocycles. The van der Waals surface area contributed by atoms with Crippen LogP contribution in [-0.4, -0.2) is 18.9 Å². The minimum absolute atomic E-state index is 0.306. The molecule has 76 valence electrons. The number of ether oxygens (including phenoxy) is 1. The van der Waals surface area contributed by atoms with Crippen molar-refractivity contribution in [3.63, 3.8) is 0 Å². The highest BCUT2D eigenvalue weighted by atomic mass is 32.1. The van der Waals surface area contributed by atoms with E-state index in [0.717, 1.165) is 17.7 Å². The fourth-order valence-corrected chi connectivity index (χ4v) is 1.33. The molecule has 1 amide bonds. The average molecular weight is 211 g/mol. The Bertz CT molecular complexity index is 315. The van der Waals surface area contributed by atoms with E-state index in [1.165, 1.54) is 0 Å². The maximum absolute atomic E-state index is 10.5. The number of amides is 1. The molecule has 0 radical (unpaired) electrons. The van der Waals surface area contributed by atoms with E-state index in [1.807, 2.05) is 24.3 Å². The maximum Gasteiger partial charge on any atom is 0.275 e. The molecule has 0 aliphatic carbocycles. The number of hydrogen-bond acceptors (Lipinski definition) is 2. The SMILES string of the molecule is COc1ccccc1CCNC(=O)S. The van der Waals surface area contributed by atoms with Crippen LogP contribution in [0.2, 0.25) is 0 Å². The first-order valence-corrected chi connectivity index (χ1v) is 4.77. The summed E-state index contributed by atoms with van der Waals surface area (Å²) in [4.78, 5) is 10.5. The van der Waals surface area contributed by atoms with E-state index in [9.17, 15) is 4.79 Å². The summed E-state index contributed by atoms with van der Waals surface area (Å²) in [6.07, 6.45) is 0.746. The Balaban J connectivity index is 2.53. The van der Waals surface area contributed by atoms with Gasteiger partial charge in [-0.15, -0.1) is 0 Å². The van der Waals surface area contributed by atoms with Crippen LogP contribution in [0.4, 0.5) is 4.79 Å². The molecule has 0 aromatic heterocycles. The molecule has 0 saturated heterocycles. The fraction of sp³-hybridized carbons (Fsp3) is 0.300. The minimum Gasteiger partial charge on any atom is -0.496 e. The summed E-state index contributed by atoms with van der Waals surface area (Å²) in [5, 5.41) is 2.31. The van der Waals surface area contributed by atoms with Gasteiger partial charge in [-0.1, -0.05) is 30.8 Å². The van der Waals surface area contributed by atoms with E-state index in [0.29, 0.717) is 6.54 Å². The molecule has 1 aromatic rings. The normalized spacial score (nSPS) is 9.57. The number of carbonyl (C=O) groups excluding carboxylic acids is 1. The lowest BCUT2D eigenvalue weighted by molar-refractivity contribution is 0.261. The van der Waals surface area contributed by atoms with Crippen molar-refractivity contribution in [3.05, 3.63) is 29.8 Å². The Kier molecular flexibility index (Phi) is 4.32. The van der Waals surface area contributed by atoms with Crippen LogP contribution in [0.1, 0.15) is 5.56 Å². The van der Waals surface area contributed by atoms with Crippen molar-refractivity contribution >= 4 is 17.9 Å². The summed E-state index contributed by atoms with van der Waals surface area (Å²) < 4.78 is 5.17. The van der Waals surface area contributed by atoms with Gasteiger partial charge in [-0.2, -0.15) is 0 Å². The minimum atomic E-state index is -0.306. The number of para-hydroxylation sites is 1. The van der Waals surface area contributed by atoms with Gasteiger partial charge in [-0.25, -0.2) is 0 Å². The molecule has 0 saturated carbocycles. The molecule has 3 nitrogen and oxygen atoms in total. The van der Waals surface area contributed by atoms with Gasteiger partial charge in [0.25, 0.3) is 5.24 Å². The summed E-state index contributed by atoms with van der Waals surface area (Å²) in [7, 11) is 1.63. The number of hydrogen-bond donors (Lipinski definition) is 2. The Morgan fingerprint density at radius 2 is 2.21 bits per heavy atom. The molecule has 0 heterocycles. The van der Waals surface area contributed by atoms with Crippen LogP contribution in [0, 0.1) is 0 Å². The quantitative estimate of drug-likeness (QED) is 0.746. The zero-order valence-electron chi connectivity index (χ0n) is 7.99. The van der Waals surface area contributed by atoms with Gasteiger partial charge in [0, 0.05) is 6.54 Å². The summed E-state index contributed by atoms with van der Waals surface area (Å²) in [5.41, 5.74) is 1.08. The number of benzene rings is 1. The molecule has 0 fully saturated rings. The third kappa shape index (κ3) is 3.30. The fourth-order valence-electron chi connectivity index (χ4n) is 1.21. The molecule has 0 bridgehead atoms. The molecule has 1 N–H and O–H groups in total. The molecule has 0 unspecified atom stereocenters. The molecule has 1 aromatic carbocycles. The monoisotopic (exact) mass is 211 g/mol. The largest absolute Gasteiger partial charge is 0.496 e. The van der Waals surface area contributed by atoms with E-state index in [2.05, 4.69) is 17.9 Å². The van der Waals surface area contributed by atoms with Crippen molar-refractivity contribution in [1.29, 1.82) is 0 Å². The first-order chi connectivity index (χ1) is 6.74. The predicted molar refractivity (Wildman–Crippen MR) is 59.1 cm³/mol. The number of carbonyl (C=O) groups is 1. The van der Waals surface area contributed by atoms with Gasteiger partial charge in [0.2, 0.25) is 0 Å². The van der Waals surface area contributed by atoms with Crippen molar-refractivity contribution in [2.24, 2.45) is 0 Å². The van der Waals surface area contributed by atoms with Crippen LogP contribution < -0.4 is 10.1 Å². The molecular weight excluding hydrogens is 198 g/mol. The lowest BCUT2D eigenvalue weighted by Crippen LogP contribution is -2.19. The van der Waals surface area contributed by atoms with Gasteiger partial charge in [0.15, 0.2) is 0 Å². The Labute approximate surface area is 88.9 Å². The highest BCUT2D eigenvalue weighted by Gasteiger charge is 2.01. The lowest BCUT2D eigenvalue weighted by atomic mass is 10.1. The maximum atomic E-state index is 10.5. The zero-order valence-corrected chi connectivity index (χ0v) is 8.88. The van der Waals surface area contributed by atoms with Gasteiger partial charge < -0.3 is 10.1 Å². The standard InChI is InChI=1S/C10H13NO2S/c1-13-9-5-3-2-4-8(9)6-7-11-10(12)14/h2-5H,6-7H2,1H3,(H2,11,12,14). The third-order valence-corrected chi connectivity index (χ3v) is 2.02. The van der Waals surface area contributed by atoms with E-state index in [4.69, 9.17) is 4.74 Å². The Hall–Kier alpha value is -1.16. The van der Waals surface area contributed by atoms with Crippen LogP contribution in [0.3, 0.4) is 0 Å². The summed E-state index contributed by atoms with van der Waals surface area (Å²) in [6, 6.07) is 7.74. The molecule has 1 rings (SSSR count). The topological polar surface area (TPSA) is 38.3 Å². The second-order valence-electron chi connectivity index (χ2n) is 2.79. The van der Waals surface area contributed by atoms with Crippen LogP contribution in [0.15, 0.2) is 24.3 Å². The first kappa shape index (κ1) is 10.9. The van der Waals surface area contributed by atoms with Crippen molar-refractivity contribution < 1.29 is 9.53 Å². The van der Waals surface area contributed by atoms with Gasteiger partial charge >= 0.3 is 0 Å². The Morgan fingerprint density at radius 1 is 1.50 bits per heavy atom. The van der Waals surface area contributed by atoms with Crippen LogP contribution in [-0.2, 0) is 6.42 Å². The van der Waals surface area contributed by atoms with Crippen molar-refractivity contribution in [2.45, 2.75) is 6.42 Å². The number of rotatable bonds is 4. The van der Waals surface area contributed by atoms with Crippen LogP contribution in [0.25, 0.3) is 0 Å². The number of thiol groups is 1. The van der Waals surface area contributed by atoms with E-state index in [1.54, 1.807) is 7.11 Å². The molecule has 0 aliphatic rings. The predicted octanol–water partition coefficient (Wildman–Crippen LogP) is 1.88. The van der Waals surface area contributed by atoms with E-state index in [-0.39, 0.29) is 5.24 Å². The molecular formula is C10H13NO2S. The number of methoxy groups -OCH3 is 1. The Morgan fingerprint density at radius 3 is 2.86 bits per heavy atom. The van der Waals surface area contributed by atoms with E-state index >= 15 is 0 Å². The average Bonchev–Trinajstić information content (AvgIpc) is 2.18. The smallest absolute Gasteiger partial charge is 0.275 e. The lowest BCUT2D eigenvalue weighted by Gasteiger charge is -2.07. The van der Waals surface area contributed by atoms with Crippen LogP contribution >= 0.6 is 12.6 Å². The first-order valence-electron chi connectivity index (χ1n) is 4.32. The number of nitrogens with one attached hydrogen (secondary N) is 1. The highest BCUT2D eigenvalue weighted by Crippen LogP contribution is 2.17. The van der Waals surface area contributed by atoms with Gasteiger partial charge in [-0.05, 0) is 18.1 Å². The van der Waals surface area contributed by atoms with Gasteiger partial charge in [-0.3, -0.25) is 4.79 Å². The molecule has 4 heteroatoms. The summed E-state index contributed by atoms with van der Waals surface area (Å²) in [6.45, 7) is 0.572. The highest BCUT2D eigenvalue weighted by molar-refractivity contribution is 7.96. The third-order valence-electron chi connectivity index (χ3n) is 1.86. The molecule has 0 atom stereocenters. The second kappa shape index (κ2) is 5.54. The molecule has 0 spiro atoms. The van der Waals surface area contributed by atoms with Crippen LogP contribution in [0.5, 0.6) is 5.75 Å².